The average Bonchev–Trinajstić information content (AvgIpc) is 2.47. The number of amides is 1. The molecule has 1 heterocycles. The van der Waals surface area contributed by atoms with Crippen LogP contribution in [0.2, 0.25) is 0 Å². The fraction of sp³-hybridized carbons (Fsp3) is 0.529. The average molecular weight is 276 g/mol. The van der Waals surface area contributed by atoms with Crippen LogP contribution < -0.4 is 5.32 Å². The second kappa shape index (κ2) is 13.8. The van der Waals surface area contributed by atoms with Gasteiger partial charge in [-0.15, -0.1) is 0 Å². The maximum absolute atomic E-state index is 10.5. The highest BCUT2D eigenvalue weighted by molar-refractivity contribution is 5.72. The van der Waals surface area contributed by atoms with Crippen molar-refractivity contribution in [2.24, 2.45) is 0 Å². The predicted octanol–water partition coefficient (Wildman–Crippen LogP) is 4.21. The number of aromatic nitrogens is 1. The zero-order valence-corrected chi connectivity index (χ0v) is 12.9. The van der Waals surface area contributed by atoms with Gasteiger partial charge in [0.05, 0.1) is 0 Å². The fourth-order valence-corrected chi connectivity index (χ4v) is 1.67. The van der Waals surface area contributed by atoms with E-state index in [1.807, 2.05) is 12.1 Å². The van der Waals surface area contributed by atoms with Crippen molar-refractivity contribution in [3.8, 4) is 0 Å². The zero-order chi connectivity index (χ0) is 15.1. The Kier molecular flexibility index (Phi) is 12.7. The Balaban J connectivity index is 0.000000388. The van der Waals surface area contributed by atoms with Crippen LogP contribution in [0.25, 0.3) is 6.08 Å². The highest BCUT2D eigenvalue weighted by Gasteiger charge is 1.91. The summed E-state index contributed by atoms with van der Waals surface area (Å²) < 4.78 is 0. The van der Waals surface area contributed by atoms with Gasteiger partial charge in [-0.3, -0.25) is 9.78 Å². The van der Waals surface area contributed by atoms with Gasteiger partial charge in [-0.1, -0.05) is 51.7 Å². The van der Waals surface area contributed by atoms with Crippen LogP contribution in [0.3, 0.4) is 0 Å². The number of pyridine rings is 1. The zero-order valence-electron chi connectivity index (χ0n) is 12.9. The molecular weight excluding hydrogens is 248 g/mol. The monoisotopic (exact) mass is 276 g/mol. The van der Waals surface area contributed by atoms with Crippen molar-refractivity contribution in [1.29, 1.82) is 0 Å². The molecule has 0 aliphatic rings. The number of rotatable bonds is 8. The molecule has 0 radical (unpaired) electrons. The molecule has 1 N–H and O–H groups in total. The summed E-state index contributed by atoms with van der Waals surface area (Å²) >= 11 is 0. The van der Waals surface area contributed by atoms with E-state index in [1.54, 1.807) is 25.4 Å². The van der Waals surface area contributed by atoms with Crippen LogP contribution in [-0.4, -0.2) is 17.4 Å². The highest BCUT2D eigenvalue weighted by atomic mass is 16.1. The van der Waals surface area contributed by atoms with Gasteiger partial charge in [0.2, 0.25) is 5.91 Å². The molecular formula is C17H28N2O. The van der Waals surface area contributed by atoms with Gasteiger partial charge in [-0.2, -0.15) is 0 Å². The molecule has 0 spiro atoms. The lowest BCUT2D eigenvalue weighted by molar-refractivity contribution is -0.118. The van der Waals surface area contributed by atoms with E-state index >= 15 is 0 Å². The minimum atomic E-state index is 0.0866. The van der Waals surface area contributed by atoms with E-state index in [4.69, 9.17) is 0 Å². The normalized spacial score (nSPS) is 9.30. The number of carbonyl (C=O) groups is 1. The first-order valence-electron chi connectivity index (χ1n) is 7.47. The first-order valence-corrected chi connectivity index (χ1v) is 7.47. The van der Waals surface area contributed by atoms with Gasteiger partial charge >= 0.3 is 0 Å². The SMILES string of the molecule is C=Cc1ccncc1.CCCCCCCCNC(C)=O. The summed E-state index contributed by atoms with van der Waals surface area (Å²) in [4.78, 5) is 14.3. The molecule has 3 nitrogen and oxygen atoms in total. The third-order valence-electron chi connectivity index (χ3n) is 2.85. The maximum Gasteiger partial charge on any atom is 0.216 e. The van der Waals surface area contributed by atoms with Crippen LogP contribution in [0.5, 0.6) is 0 Å². The number of nitrogens with zero attached hydrogens (tertiary/aromatic N) is 1. The quantitative estimate of drug-likeness (QED) is 0.723. The van der Waals surface area contributed by atoms with Gasteiger partial charge in [-0.05, 0) is 24.1 Å². The smallest absolute Gasteiger partial charge is 0.216 e. The number of unbranched alkanes of at least 4 members (excludes halogenated alkanes) is 5. The van der Waals surface area contributed by atoms with Crippen LogP contribution >= 0.6 is 0 Å². The van der Waals surface area contributed by atoms with Crippen LogP contribution in [-0.2, 0) is 4.79 Å². The summed E-state index contributed by atoms with van der Waals surface area (Å²) in [6.07, 6.45) is 13.0. The van der Waals surface area contributed by atoms with Crippen LogP contribution in [0.1, 0.15) is 57.9 Å². The third kappa shape index (κ3) is 12.8. The molecule has 0 atom stereocenters. The lowest BCUT2D eigenvalue weighted by Gasteiger charge is -2.01. The van der Waals surface area contributed by atoms with E-state index in [1.165, 1.54) is 32.1 Å². The second-order valence-corrected chi connectivity index (χ2v) is 4.74. The van der Waals surface area contributed by atoms with Gasteiger partial charge < -0.3 is 5.32 Å². The minimum Gasteiger partial charge on any atom is -0.356 e. The molecule has 1 rings (SSSR count). The Hall–Kier alpha value is -1.64. The largest absolute Gasteiger partial charge is 0.356 e. The molecule has 112 valence electrons. The molecule has 0 aromatic carbocycles. The predicted molar refractivity (Wildman–Crippen MR) is 86.4 cm³/mol. The number of hydrogen-bond acceptors (Lipinski definition) is 2. The Labute approximate surface area is 123 Å². The van der Waals surface area contributed by atoms with E-state index < -0.39 is 0 Å². The van der Waals surface area contributed by atoms with Gasteiger partial charge in [0, 0.05) is 25.9 Å². The summed E-state index contributed by atoms with van der Waals surface area (Å²) in [5, 5.41) is 2.80. The fourth-order valence-electron chi connectivity index (χ4n) is 1.67. The van der Waals surface area contributed by atoms with Crippen LogP contribution in [0, 0.1) is 0 Å². The van der Waals surface area contributed by atoms with Gasteiger partial charge in [0.25, 0.3) is 0 Å². The number of carbonyl (C=O) groups excluding carboxylic acids is 1. The summed E-state index contributed by atoms with van der Waals surface area (Å²) in [5.74, 6) is 0.0866. The molecule has 20 heavy (non-hydrogen) atoms. The molecule has 0 saturated carbocycles. The minimum absolute atomic E-state index is 0.0866. The molecule has 1 aromatic heterocycles. The molecule has 0 fully saturated rings. The Morgan fingerprint density at radius 3 is 2.30 bits per heavy atom. The molecule has 3 heteroatoms. The second-order valence-electron chi connectivity index (χ2n) is 4.74. The Bertz CT molecular complexity index is 349. The lowest BCUT2D eigenvalue weighted by atomic mass is 10.1. The van der Waals surface area contributed by atoms with E-state index in [9.17, 15) is 4.79 Å². The molecule has 1 aromatic rings. The van der Waals surface area contributed by atoms with Crippen molar-refractivity contribution in [2.75, 3.05) is 6.54 Å². The molecule has 0 bridgehead atoms. The van der Waals surface area contributed by atoms with Crippen LogP contribution in [0.4, 0.5) is 0 Å². The summed E-state index contributed by atoms with van der Waals surface area (Å²) in [6.45, 7) is 8.24. The Morgan fingerprint density at radius 2 is 1.80 bits per heavy atom. The number of hydrogen-bond donors (Lipinski definition) is 1. The van der Waals surface area contributed by atoms with Crippen molar-refractivity contribution in [1.82, 2.24) is 10.3 Å². The lowest BCUT2D eigenvalue weighted by Crippen LogP contribution is -2.20. The molecule has 0 aliphatic carbocycles. The number of nitrogens with one attached hydrogen (secondary N) is 1. The topological polar surface area (TPSA) is 42.0 Å². The van der Waals surface area contributed by atoms with Crippen molar-refractivity contribution in [3.63, 3.8) is 0 Å². The van der Waals surface area contributed by atoms with Crippen molar-refractivity contribution in [2.45, 2.75) is 52.4 Å². The first kappa shape index (κ1) is 18.4. The molecule has 0 aliphatic heterocycles. The Morgan fingerprint density at radius 1 is 1.20 bits per heavy atom. The van der Waals surface area contributed by atoms with E-state index in [-0.39, 0.29) is 5.91 Å². The van der Waals surface area contributed by atoms with Crippen molar-refractivity contribution >= 4 is 12.0 Å². The first-order chi connectivity index (χ1) is 9.70. The molecule has 1 amide bonds. The van der Waals surface area contributed by atoms with E-state index in [2.05, 4.69) is 23.8 Å². The van der Waals surface area contributed by atoms with Gasteiger partial charge in [0.1, 0.15) is 0 Å². The summed E-state index contributed by atoms with van der Waals surface area (Å²) in [6, 6.07) is 3.82. The molecule has 0 saturated heterocycles. The summed E-state index contributed by atoms with van der Waals surface area (Å²) in [7, 11) is 0. The van der Waals surface area contributed by atoms with Crippen molar-refractivity contribution < 1.29 is 4.79 Å². The van der Waals surface area contributed by atoms with Crippen LogP contribution in [0.15, 0.2) is 31.1 Å². The standard InChI is InChI=1S/C10H21NO.C7H7N/c1-3-4-5-6-7-8-9-11-10(2)12;1-2-7-3-5-8-6-4-7/h3-9H2,1-2H3,(H,11,12);2-6H,1H2. The van der Waals surface area contributed by atoms with Crippen molar-refractivity contribution in [3.05, 3.63) is 36.7 Å². The van der Waals surface area contributed by atoms with Gasteiger partial charge in [0.15, 0.2) is 0 Å². The molecule has 0 unspecified atom stereocenters. The highest BCUT2D eigenvalue weighted by Crippen LogP contribution is 2.03. The van der Waals surface area contributed by atoms with E-state index in [0.29, 0.717) is 0 Å². The van der Waals surface area contributed by atoms with E-state index in [0.717, 1.165) is 18.5 Å². The van der Waals surface area contributed by atoms with Gasteiger partial charge in [-0.25, -0.2) is 0 Å². The maximum atomic E-state index is 10.5. The third-order valence-corrected chi connectivity index (χ3v) is 2.85. The summed E-state index contributed by atoms with van der Waals surface area (Å²) in [5.41, 5.74) is 1.11.